The lowest BCUT2D eigenvalue weighted by Gasteiger charge is -2.20. The Hall–Kier alpha value is -2.15. The first-order valence-corrected chi connectivity index (χ1v) is 6.07. The summed E-state index contributed by atoms with van der Waals surface area (Å²) in [5.74, 6) is -1.27. The maximum Gasteiger partial charge on any atom is 0.420 e. The van der Waals surface area contributed by atoms with E-state index in [1.54, 1.807) is 20.8 Å². The Morgan fingerprint density at radius 2 is 2.05 bits per heavy atom. The monoisotopic (exact) mass is 297 g/mol. The van der Waals surface area contributed by atoms with Crippen LogP contribution < -0.4 is 0 Å². The molecule has 0 aliphatic rings. The minimum Gasteiger partial charge on any atom is -0.477 e. The molecular formula is C12H12ClN3O4. The van der Waals surface area contributed by atoms with Gasteiger partial charge in [0, 0.05) is 11.6 Å². The molecule has 1 N–H and O–H groups in total. The number of carboxylic acid groups (broad SMARTS) is 1. The van der Waals surface area contributed by atoms with E-state index < -0.39 is 17.7 Å². The van der Waals surface area contributed by atoms with Gasteiger partial charge in [-0.2, -0.15) is 4.98 Å². The van der Waals surface area contributed by atoms with Crippen LogP contribution in [-0.4, -0.2) is 37.3 Å². The van der Waals surface area contributed by atoms with Gasteiger partial charge in [-0.1, -0.05) is 0 Å². The number of carbonyl (C=O) groups is 2. The predicted octanol–water partition coefficient (Wildman–Crippen LogP) is 2.57. The highest BCUT2D eigenvalue weighted by atomic mass is 35.5. The highest BCUT2D eigenvalue weighted by Gasteiger charge is 2.25. The number of aromatic carboxylic acids is 1. The third kappa shape index (κ3) is 2.72. The molecule has 0 amide bonds. The second-order valence-electron chi connectivity index (χ2n) is 5.07. The molecule has 0 saturated heterocycles. The Morgan fingerprint density at radius 1 is 1.40 bits per heavy atom. The first-order valence-electron chi connectivity index (χ1n) is 5.69. The zero-order chi connectivity index (χ0) is 15.1. The Morgan fingerprint density at radius 3 is 2.60 bits per heavy atom. The molecule has 2 aromatic rings. The Labute approximate surface area is 119 Å². The van der Waals surface area contributed by atoms with Crippen molar-refractivity contribution >= 4 is 34.7 Å². The molecule has 2 heterocycles. The first kappa shape index (κ1) is 14.3. The standard InChI is InChI=1S/C12H12ClN3O4/c1-12(2,3)20-11(19)16-7(9(17)18)4-6-5-14-10(13)15-8(6)16/h4-5H,1-3H3,(H,17,18). The third-order valence-electron chi connectivity index (χ3n) is 2.31. The molecule has 0 unspecified atom stereocenters. The van der Waals surface area contributed by atoms with Gasteiger partial charge in [0.05, 0.1) is 0 Å². The van der Waals surface area contributed by atoms with Crippen molar-refractivity contribution < 1.29 is 19.4 Å². The van der Waals surface area contributed by atoms with Gasteiger partial charge in [-0.3, -0.25) is 0 Å². The van der Waals surface area contributed by atoms with Crippen LogP contribution in [-0.2, 0) is 4.74 Å². The molecule has 0 fully saturated rings. The highest BCUT2D eigenvalue weighted by Crippen LogP contribution is 2.21. The van der Waals surface area contributed by atoms with Gasteiger partial charge >= 0.3 is 12.1 Å². The number of hydrogen-bond acceptors (Lipinski definition) is 5. The van der Waals surface area contributed by atoms with E-state index in [-0.39, 0.29) is 16.6 Å². The highest BCUT2D eigenvalue weighted by molar-refractivity contribution is 6.28. The van der Waals surface area contributed by atoms with Gasteiger partial charge in [-0.25, -0.2) is 19.1 Å². The average Bonchev–Trinajstić information content (AvgIpc) is 2.65. The van der Waals surface area contributed by atoms with Crippen molar-refractivity contribution in [3.05, 3.63) is 23.2 Å². The van der Waals surface area contributed by atoms with E-state index in [1.165, 1.54) is 12.3 Å². The van der Waals surface area contributed by atoms with Crippen LogP contribution in [0.4, 0.5) is 4.79 Å². The number of carboxylic acids is 1. The summed E-state index contributed by atoms with van der Waals surface area (Å²) in [6.07, 6.45) is 0.512. The Kier molecular flexibility index (Phi) is 3.39. The van der Waals surface area contributed by atoms with Crippen LogP contribution in [0.1, 0.15) is 31.3 Å². The summed E-state index contributed by atoms with van der Waals surface area (Å²) in [6.45, 7) is 5.04. The molecule has 7 nitrogen and oxygen atoms in total. The number of fused-ring (bicyclic) bond motifs is 1. The van der Waals surface area contributed by atoms with Crippen molar-refractivity contribution in [1.29, 1.82) is 0 Å². The van der Waals surface area contributed by atoms with Gasteiger partial charge in [0.25, 0.3) is 0 Å². The minimum atomic E-state index is -1.27. The van der Waals surface area contributed by atoms with E-state index in [2.05, 4.69) is 9.97 Å². The number of ether oxygens (including phenoxy) is 1. The van der Waals surface area contributed by atoms with Crippen LogP contribution in [0.5, 0.6) is 0 Å². The molecule has 0 saturated carbocycles. The molecule has 0 bridgehead atoms. The topological polar surface area (TPSA) is 94.3 Å². The molecule has 20 heavy (non-hydrogen) atoms. The second kappa shape index (κ2) is 4.75. The molecule has 0 aliphatic heterocycles. The van der Waals surface area contributed by atoms with Crippen molar-refractivity contribution in [3.8, 4) is 0 Å². The summed E-state index contributed by atoms with van der Waals surface area (Å²) in [6, 6.07) is 1.29. The summed E-state index contributed by atoms with van der Waals surface area (Å²) in [7, 11) is 0. The molecule has 106 valence electrons. The second-order valence-corrected chi connectivity index (χ2v) is 5.41. The zero-order valence-electron chi connectivity index (χ0n) is 11.0. The van der Waals surface area contributed by atoms with E-state index in [4.69, 9.17) is 16.3 Å². The molecule has 0 atom stereocenters. The number of halogens is 1. The fourth-order valence-corrected chi connectivity index (χ4v) is 1.75. The molecular weight excluding hydrogens is 286 g/mol. The third-order valence-corrected chi connectivity index (χ3v) is 2.49. The average molecular weight is 298 g/mol. The fraction of sp³-hybridized carbons (Fsp3) is 0.333. The first-order chi connectivity index (χ1) is 9.19. The van der Waals surface area contributed by atoms with Gasteiger partial charge in [0.2, 0.25) is 5.28 Å². The Balaban J connectivity index is 2.65. The summed E-state index contributed by atoms with van der Waals surface area (Å²) < 4.78 is 6.05. The predicted molar refractivity (Wildman–Crippen MR) is 71.1 cm³/mol. The summed E-state index contributed by atoms with van der Waals surface area (Å²) in [4.78, 5) is 31.0. The van der Waals surface area contributed by atoms with E-state index in [0.29, 0.717) is 5.39 Å². The number of nitrogens with zero attached hydrogens (tertiary/aromatic N) is 3. The summed E-state index contributed by atoms with van der Waals surface area (Å²) in [5.41, 5.74) is -0.928. The van der Waals surface area contributed by atoms with Crippen molar-refractivity contribution in [3.63, 3.8) is 0 Å². The minimum absolute atomic E-state index is 0.0858. The normalized spacial score (nSPS) is 11.6. The van der Waals surface area contributed by atoms with Crippen LogP contribution in [0.25, 0.3) is 11.0 Å². The molecule has 2 aromatic heterocycles. The van der Waals surface area contributed by atoms with Crippen molar-refractivity contribution in [1.82, 2.24) is 14.5 Å². The lowest BCUT2D eigenvalue weighted by atomic mass is 10.2. The molecule has 0 aromatic carbocycles. The number of aromatic nitrogens is 3. The van der Waals surface area contributed by atoms with Gasteiger partial charge in [0.15, 0.2) is 5.65 Å². The van der Waals surface area contributed by atoms with Crippen molar-refractivity contribution in [2.75, 3.05) is 0 Å². The van der Waals surface area contributed by atoms with Crippen LogP contribution >= 0.6 is 11.6 Å². The van der Waals surface area contributed by atoms with Gasteiger partial charge < -0.3 is 9.84 Å². The molecule has 0 radical (unpaired) electrons. The number of carbonyl (C=O) groups excluding carboxylic acids is 1. The smallest absolute Gasteiger partial charge is 0.420 e. The summed E-state index contributed by atoms with van der Waals surface area (Å²) >= 11 is 5.68. The van der Waals surface area contributed by atoms with E-state index in [1.807, 2.05) is 0 Å². The van der Waals surface area contributed by atoms with E-state index in [9.17, 15) is 14.7 Å². The van der Waals surface area contributed by atoms with Crippen molar-refractivity contribution in [2.45, 2.75) is 26.4 Å². The van der Waals surface area contributed by atoms with Gasteiger partial charge in [-0.15, -0.1) is 0 Å². The number of hydrogen-bond donors (Lipinski definition) is 1. The number of rotatable bonds is 1. The quantitative estimate of drug-likeness (QED) is 0.813. The van der Waals surface area contributed by atoms with Gasteiger partial charge in [-0.05, 0) is 38.4 Å². The van der Waals surface area contributed by atoms with Crippen LogP contribution in [0.15, 0.2) is 12.3 Å². The molecule has 2 rings (SSSR count). The Bertz CT molecular complexity index is 703. The molecule has 0 aliphatic carbocycles. The molecule has 0 spiro atoms. The zero-order valence-corrected chi connectivity index (χ0v) is 11.8. The fourth-order valence-electron chi connectivity index (χ4n) is 1.62. The largest absolute Gasteiger partial charge is 0.477 e. The maximum absolute atomic E-state index is 12.1. The maximum atomic E-state index is 12.1. The van der Waals surface area contributed by atoms with E-state index in [0.717, 1.165) is 4.57 Å². The SMILES string of the molecule is CC(C)(C)OC(=O)n1c(C(=O)O)cc2cnc(Cl)nc21. The van der Waals surface area contributed by atoms with E-state index >= 15 is 0 Å². The molecule has 8 heteroatoms. The lowest BCUT2D eigenvalue weighted by Crippen LogP contribution is -2.29. The van der Waals surface area contributed by atoms with Crippen LogP contribution in [0.2, 0.25) is 5.28 Å². The van der Waals surface area contributed by atoms with Crippen molar-refractivity contribution in [2.24, 2.45) is 0 Å². The summed E-state index contributed by atoms with van der Waals surface area (Å²) in [5, 5.41) is 9.47. The van der Waals surface area contributed by atoms with Crippen LogP contribution in [0.3, 0.4) is 0 Å². The lowest BCUT2D eigenvalue weighted by molar-refractivity contribution is 0.0512. The van der Waals surface area contributed by atoms with Gasteiger partial charge in [0.1, 0.15) is 11.3 Å². The van der Waals surface area contributed by atoms with Crippen LogP contribution in [0, 0.1) is 0 Å².